The van der Waals surface area contributed by atoms with Crippen molar-refractivity contribution in [2.24, 2.45) is 0 Å². The van der Waals surface area contributed by atoms with Crippen LogP contribution in [0.5, 0.6) is 5.75 Å². The SMILES string of the molecule is CCOC(CN(C)[C@H](C)c1ccc(OC)cc1)OCC. The second-order valence-electron chi connectivity index (χ2n) is 4.73. The smallest absolute Gasteiger partial charge is 0.170 e. The minimum absolute atomic E-state index is 0.171. The van der Waals surface area contributed by atoms with Crippen molar-refractivity contribution in [1.29, 1.82) is 0 Å². The molecule has 0 saturated heterocycles. The van der Waals surface area contributed by atoms with Crippen molar-refractivity contribution in [3.8, 4) is 5.75 Å². The molecule has 0 aliphatic heterocycles. The summed E-state index contributed by atoms with van der Waals surface area (Å²) in [6, 6.07) is 8.46. The van der Waals surface area contributed by atoms with Gasteiger partial charge in [0.1, 0.15) is 5.75 Å². The van der Waals surface area contributed by atoms with Crippen molar-refractivity contribution in [2.45, 2.75) is 33.1 Å². The van der Waals surface area contributed by atoms with Gasteiger partial charge in [0.2, 0.25) is 0 Å². The van der Waals surface area contributed by atoms with E-state index in [1.54, 1.807) is 7.11 Å². The van der Waals surface area contributed by atoms with Crippen LogP contribution in [0.3, 0.4) is 0 Å². The summed E-state index contributed by atoms with van der Waals surface area (Å²) in [6.45, 7) is 8.22. The summed E-state index contributed by atoms with van der Waals surface area (Å²) in [5.41, 5.74) is 1.25. The summed E-state index contributed by atoms with van der Waals surface area (Å²) in [7, 11) is 3.76. The van der Waals surface area contributed by atoms with E-state index in [1.165, 1.54) is 5.56 Å². The largest absolute Gasteiger partial charge is 0.497 e. The zero-order valence-electron chi connectivity index (χ0n) is 13.3. The van der Waals surface area contributed by atoms with Gasteiger partial charge in [-0.3, -0.25) is 4.90 Å². The van der Waals surface area contributed by atoms with Crippen molar-refractivity contribution in [1.82, 2.24) is 4.90 Å². The van der Waals surface area contributed by atoms with Crippen LogP contribution >= 0.6 is 0 Å². The Morgan fingerprint density at radius 3 is 2.05 bits per heavy atom. The maximum atomic E-state index is 5.59. The predicted molar refractivity (Wildman–Crippen MR) is 81.1 cm³/mol. The quantitative estimate of drug-likeness (QED) is 0.651. The normalized spacial score (nSPS) is 12.9. The van der Waals surface area contributed by atoms with Gasteiger partial charge in [-0.05, 0) is 45.5 Å². The van der Waals surface area contributed by atoms with Gasteiger partial charge >= 0.3 is 0 Å². The monoisotopic (exact) mass is 281 g/mol. The van der Waals surface area contributed by atoms with E-state index in [2.05, 4.69) is 31.0 Å². The van der Waals surface area contributed by atoms with E-state index in [0.717, 1.165) is 12.3 Å². The van der Waals surface area contributed by atoms with Crippen LogP contribution in [-0.2, 0) is 9.47 Å². The Morgan fingerprint density at radius 1 is 1.05 bits per heavy atom. The van der Waals surface area contributed by atoms with Crippen molar-refractivity contribution in [3.05, 3.63) is 29.8 Å². The lowest BCUT2D eigenvalue weighted by atomic mass is 10.1. The van der Waals surface area contributed by atoms with E-state index in [-0.39, 0.29) is 6.29 Å². The number of ether oxygens (including phenoxy) is 3. The Kier molecular flexibility index (Phi) is 7.59. The molecular formula is C16H27NO3. The summed E-state index contributed by atoms with van der Waals surface area (Å²) in [6.07, 6.45) is -0.171. The van der Waals surface area contributed by atoms with Gasteiger partial charge in [-0.2, -0.15) is 0 Å². The third-order valence-electron chi connectivity index (χ3n) is 3.40. The minimum Gasteiger partial charge on any atom is -0.497 e. The van der Waals surface area contributed by atoms with Crippen molar-refractivity contribution < 1.29 is 14.2 Å². The van der Waals surface area contributed by atoms with E-state index < -0.39 is 0 Å². The fourth-order valence-electron chi connectivity index (χ4n) is 2.06. The van der Waals surface area contributed by atoms with E-state index >= 15 is 0 Å². The fraction of sp³-hybridized carbons (Fsp3) is 0.625. The van der Waals surface area contributed by atoms with Gasteiger partial charge in [0, 0.05) is 25.8 Å². The molecule has 0 unspecified atom stereocenters. The average Bonchev–Trinajstić information content (AvgIpc) is 2.47. The second-order valence-corrected chi connectivity index (χ2v) is 4.73. The molecule has 4 heteroatoms. The third kappa shape index (κ3) is 5.12. The summed E-state index contributed by atoms with van der Waals surface area (Å²) < 4.78 is 16.4. The molecule has 1 aromatic rings. The molecule has 0 bridgehead atoms. The Balaban J connectivity index is 2.61. The zero-order chi connectivity index (χ0) is 15.0. The lowest BCUT2D eigenvalue weighted by molar-refractivity contribution is -0.147. The topological polar surface area (TPSA) is 30.9 Å². The molecule has 0 aliphatic carbocycles. The highest BCUT2D eigenvalue weighted by Gasteiger charge is 2.17. The first kappa shape index (κ1) is 17.0. The highest BCUT2D eigenvalue weighted by Crippen LogP contribution is 2.22. The molecule has 1 aromatic carbocycles. The Labute approximate surface area is 122 Å². The van der Waals surface area contributed by atoms with Gasteiger partial charge < -0.3 is 14.2 Å². The predicted octanol–water partition coefficient (Wildman–Crippen LogP) is 3.09. The van der Waals surface area contributed by atoms with E-state index in [1.807, 2.05) is 26.0 Å². The average molecular weight is 281 g/mol. The lowest BCUT2D eigenvalue weighted by Gasteiger charge is -2.29. The molecule has 0 saturated carbocycles. The molecule has 1 rings (SSSR count). The second kappa shape index (κ2) is 8.95. The van der Waals surface area contributed by atoms with Crippen LogP contribution in [0.4, 0.5) is 0 Å². The highest BCUT2D eigenvalue weighted by atomic mass is 16.7. The summed E-state index contributed by atoms with van der Waals surface area (Å²) in [5.74, 6) is 0.880. The number of hydrogen-bond acceptors (Lipinski definition) is 4. The zero-order valence-corrected chi connectivity index (χ0v) is 13.3. The van der Waals surface area contributed by atoms with E-state index in [9.17, 15) is 0 Å². The van der Waals surface area contributed by atoms with Gasteiger partial charge in [-0.25, -0.2) is 0 Å². The van der Waals surface area contributed by atoms with Crippen LogP contribution in [0.15, 0.2) is 24.3 Å². The van der Waals surface area contributed by atoms with Gasteiger partial charge in [0.05, 0.1) is 7.11 Å². The first-order valence-corrected chi connectivity index (χ1v) is 7.19. The molecule has 0 radical (unpaired) electrons. The molecule has 0 fully saturated rings. The number of nitrogens with zero attached hydrogens (tertiary/aromatic N) is 1. The van der Waals surface area contributed by atoms with Crippen molar-refractivity contribution >= 4 is 0 Å². The fourth-order valence-corrected chi connectivity index (χ4v) is 2.06. The molecule has 0 aromatic heterocycles. The number of benzene rings is 1. The molecule has 4 nitrogen and oxygen atoms in total. The van der Waals surface area contributed by atoms with Crippen LogP contribution in [0.25, 0.3) is 0 Å². The number of hydrogen-bond donors (Lipinski definition) is 0. The number of methoxy groups -OCH3 is 1. The first-order valence-electron chi connectivity index (χ1n) is 7.19. The van der Waals surface area contributed by atoms with E-state index in [0.29, 0.717) is 19.3 Å². The molecule has 0 spiro atoms. The standard InChI is InChI=1S/C16H27NO3/c1-6-19-16(20-7-2)12-17(4)13(3)14-8-10-15(18-5)11-9-14/h8-11,13,16H,6-7,12H2,1-5H3/t13-/m1/s1. The van der Waals surface area contributed by atoms with Crippen LogP contribution in [0.2, 0.25) is 0 Å². The van der Waals surface area contributed by atoms with Crippen LogP contribution in [0, 0.1) is 0 Å². The van der Waals surface area contributed by atoms with Gasteiger partial charge in [0.15, 0.2) is 6.29 Å². The van der Waals surface area contributed by atoms with Crippen LogP contribution in [-0.4, -0.2) is 45.1 Å². The molecule has 1 atom stereocenters. The highest BCUT2D eigenvalue weighted by molar-refractivity contribution is 5.28. The van der Waals surface area contributed by atoms with Gasteiger partial charge in [0.25, 0.3) is 0 Å². The number of likely N-dealkylation sites (N-methyl/N-ethyl adjacent to an activating group) is 1. The molecule has 20 heavy (non-hydrogen) atoms. The summed E-state index contributed by atoms with van der Waals surface area (Å²) in [4.78, 5) is 2.23. The summed E-state index contributed by atoms with van der Waals surface area (Å²) in [5, 5.41) is 0. The molecule has 0 aliphatic rings. The molecule has 0 heterocycles. The van der Waals surface area contributed by atoms with Crippen LogP contribution in [0.1, 0.15) is 32.4 Å². The molecule has 114 valence electrons. The summed E-state index contributed by atoms with van der Waals surface area (Å²) >= 11 is 0. The van der Waals surface area contributed by atoms with Crippen LogP contribution < -0.4 is 4.74 Å². The molecule has 0 N–H and O–H groups in total. The van der Waals surface area contributed by atoms with Gasteiger partial charge in [-0.1, -0.05) is 12.1 Å². The van der Waals surface area contributed by atoms with Crippen molar-refractivity contribution in [2.75, 3.05) is 33.9 Å². The molecule has 0 amide bonds. The maximum absolute atomic E-state index is 5.59. The Hall–Kier alpha value is -1.10. The Morgan fingerprint density at radius 2 is 1.60 bits per heavy atom. The minimum atomic E-state index is -0.171. The number of rotatable bonds is 9. The first-order chi connectivity index (χ1) is 9.62. The van der Waals surface area contributed by atoms with Crippen molar-refractivity contribution in [3.63, 3.8) is 0 Å². The lowest BCUT2D eigenvalue weighted by Crippen LogP contribution is -2.34. The Bertz CT molecular complexity index is 360. The maximum Gasteiger partial charge on any atom is 0.170 e. The molecular weight excluding hydrogens is 254 g/mol. The van der Waals surface area contributed by atoms with Gasteiger partial charge in [-0.15, -0.1) is 0 Å². The third-order valence-corrected chi connectivity index (χ3v) is 3.40. The van der Waals surface area contributed by atoms with E-state index in [4.69, 9.17) is 14.2 Å².